The van der Waals surface area contributed by atoms with Crippen LogP contribution in [0.5, 0.6) is 0 Å². The zero-order valence-corrected chi connectivity index (χ0v) is 15.6. The molecular formula is C17H22FN5S2. The predicted molar refractivity (Wildman–Crippen MR) is 105 cm³/mol. The van der Waals surface area contributed by atoms with E-state index in [1.54, 1.807) is 29.2 Å². The molecule has 2 aromatic rings. The van der Waals surface area contributed by atoms with Crippen molar-refractivity contribution in [3.05, 3.63) is 47.2 Å². The zero-order valence-electron chi connectivity index (χ0n) is 14.0. The minimum absolute atomic E-state index is 0.142. The fraction of sp³-hybridized carbons (Fsp3) is 0.412. The summed E-state index contributed by atoms with van der Waals surface area (Å²) in [5.41, 5.74) is 6.84. The van der Waals surface area contributed by atoms with E-state index in [1.807, 2.05) is 23.7 Å². The Hall–Kier alpha value is -1.80. The van der Waals surface area contributed by atoms with Crippen LogP contribution in [0, 0.1) is 5.82 Å². The summed E-state index contributed by atoms with van der Waals surface area (Å²) in [4.78, 5) is 13.2. The van der Waals surface area contributed by atoms with Crippen LogP contribution < -0.4 is 10.6 Å². The lowest BCUT2D eigenvalue weighted by atomic mass is 10.2. The standard InChI is InChI=1S/C17H22FN5S2/c18-15-4-2-1-3-14(15)13-24-11-5-20-16(19)22-7-9-23(10-8-22)17-21-6-12-25-17/h1-4,6,12H,5,7-11,13H2,(H2,19,20). The number of guanidine groups is 1. The Morgan fingerprint density at radius 3 is 2.80 bits per heavy atom. The van der Waals surface area contributed by atoms with Gasteiger partial charge in [-0.05, 0) is 11.6 Å². The molecule has 134 valence electrons. The molecule has 2 heterocycles. The van der Waals surface area contributed by atoms with E-state index in [4.69, 9.17) is 5.73 Å². The summed E-state index contributed by atoms with van der Waals surface area (Å²) in [5, 5.41) is 3.07. The minimum Gasteiger partial charge on any atom is -0.370 e. The Bertz CT molecular complexity index is 684. The molecule has 1 aliphatic rings. The van der Waals surface area contributed by atoms with Crippen molar-refractivity contribution in [3.8, 4) is 0 Å². The van der Waals surface area contributed by atoms with Crippen molar-refractivity contribution in [1.29, 1.82) is 0 Å². The Morgan fingerprint density at radius 1 is 1.28 bits per heavy atom. The molecule has 0 aliphatic carbocycles. The van der Waals surface area contributed by atoms with Gasteiger partial charge in [0.15, 0.2) is 11.1 Å². The Balaban J connectivity index is 1.37. The first-order valence-corrected chi connectivity index (χ1v) is 10.3. The van der Waals surface area contributed by atoms with E-state index in [2.05, 4.69) is 19.8 Å². The SMILES string of the molecule is NC(=NCCSCc1ccccc1F)N1CCN(c2nccs2)CC1. The van der Waals surface area contributed by atoms with E-state index in [9.17, 15) is 4.39 Å². The number of nitrogens with two attached hydrogens (primary N) is 1. The number of piperazine rings is 1. The van der Waals surface area contributed by atoms with Crippen molar-refractivity contribution >= 4 is 34.2 Å². The summed E-state index contributed by atoms with van der Waals surface area (Å²) in [6.45, 7) is 4.18. The lowest BCUT2D eigenvalue weighted by Crippen LogP contribution is -2.51. The molecule has 1 saturated heterocycles. The van der Waals surface area contributed by atoms with Crippen LogP contribution >= 0.6 is 23.1 Å². The number of thioether (sulfide) groups is 1. The average molecular weight is 380 g/mol. The smallest absolute Gasteiger partial charge is 0.191 e. The molecule has 0 spiro atoms. The first-order chi connectivity index (χ1) is 12.2. The number of nitrogens with zero attached hydrogens (tertiary/aromatic N) is 4. The number of benzene rings is 1. The molecule has 0 saturated carbocycles. The van der Waals surface area contributed by atoms with Crippen LogP contribution in [0.15, 0.2) is 40.8 Å². The third-order valence-corrected chi connectivity index (χ3v) is 5.84. The van der Waals surface area contributed by atoms with E-state index in [0.29, 0.717) is 18.3 Å². The molecule has 0 radical (unpaired) electrons. The predicted octanol–water partition coefficient (Wildman–Crippen LogP) is 2.65. The number of anilines is 1. The molecule has 0 atom stereocenters. The molecule has 0 unspecified atom stereocenters. The molecule has 0 amide bonds. The van der Waals surface area contributed by atoms with Gasteiger partial charge in [-0.1, -0.05) is 18.2 Å². The van der Waals surface area contributed by atoms with Crippen LogP contribution in [0.25, 0.3) is 0 Å². The van der Waals surface area contributed by atoms with Crippen LogP contribution in [-0.2, 0) is 5.75 Å². The molecule has 5 nitrogen and oxygen atoms in total. The molecule has 1 aromatic carbocycles. The van der Waals surface area contributed by atoms with E-state index in [1.165, 1.54) is 6.07 Å². The van der Waals surface area contributed by atoms with Gasteiger partial charge in [0.1, 0.15) is 5.82 Å². The van der Waals surface area contributed by atoms with Gasteiger partial charge >= 0.3 is 0 Å². The van der Waals surface area contributed by atoms with Gasteiger partial charge in [-0.2, -0.15) is 11.8 Å². The van der Waals surface area contributed by atoms with Gasteiger partial charge < -0.3 is 15.5 Å². The third-order valence-electron chi connectivity index (χ3n) is 4.02. The van der Waals surface area contributed by atoms with Crippen LogP contribution in [0.3, 0.4) is 0 Å². The minimum atomic E-state index is -0.142. The number of rotatable bonds is 6. The third kappa shape index (κ3) is 5.09. The monoisotopic (exact) mass is 379 g/mol. The van der Waals surface area contributed by atoms with E-state index >= 15 is 0 Å². The molecule has 3 rings (SSSR count). The maximum atomic E-state index is 13.5. The van der Waals surface area contributed by atoms with Crippen LogP contribution in [0.2, 0.25) is 0 Å². The summed E-state index contributed by atoms with van der Waals surface area (Å²) in [5.74, 6) is 1.95. The maximum Gasteiger partial charge on any atom is 0.191 e. The Morgan fingerprint density at radius 2 is 2.08 bits per heavy atom. The second kappa shape index (κ2) is 9.05. The molecule has 25 heavy (non-hydrogen) atoms. The highest BCUT2D eigenvalue weighted by Gasteiger charge is 2.19. The second-order valence-corrected chi connectivity index (χ2v) is 7.65. The van der Waals surface area contributed by atoms with Crippen molar-refractivity contribution in [2.45, 2.75) is 5.75 Å². The van der Waals surface area contributed by atoms with Crippen LogP contribution in [0.1, 0.15) is 5.56 Å². The van der Waals surface area contributed by atoms with E-state index < -0.39 is 0 Å². The highest BCUT2D eigenvalue weighted by Crippen LogP contribution is 2.19. The average Bonchev–Trinajstić information content (AvgIpc) is 3.17. The summed E-state index contributed by atoms with van der Waals surface area (Å²) in [6.07, 6.45) is 1.83. The molecular weight excluding hydrogens is 357 g/mol. The first kappa shape index (κ1) is 18.0. The normalized spacial score (nSPS) is 15.6. The van der Waals surface area contributed by atoms with Crippen molar-refractivity contribution < 1.29 is 4.39 Å². The number of halogens is 1. The summed E-state index contributed by atoms with van der Waals surface area (Å²) < 4.78 is 13.5. The first-order valence-electron chi connectivity index (χ1n) is 8.24. The number of aromatic nitrogens is 1. The van der Waals surface area contributed by atoms with Crippen LogP contribution in [-0.4, -0.2) is 54.3 Å². The highest BCUT2D eigenvalue weighted by atomic mass is 32.2. The van der Waals surface area contributed by atoms with Crippen molar-refractivity contribution in [2.24, 2.45) is 10.7 Å². The van der Waals surface area contributed by atoms with Gasteiger partial charge in [-0.25, -0.2) is 9.37 Å². The zero-order chi connectivity index (χ0) is 17.5. The molecule has 2 N–H and O–H groups in total. The number of aliphatic imine (C=N–C) groups is 1. The van der Waals surface area contributed by atoms with Gasteiger partial charge in [-0.15, -0.1) is 11.3 Å². The van der Waals surface area contributed by atoms with Gasteiger partial charge in [-0.3, -0.25) is 4.99 Å². The molecule has 1 aromatic heterocycles. The largest absolute Gasteiger partial charge is 0.370 e. The number of hydrogen-bond donors (Lipinski definition) is 1. The van der Waals surface area contributed by atoms with E-state index in [-0.39, 0.29) is 5.82 Å². The molecule has 0 bridgehead atoms. The number of thiazole rings is 1. The van der Waals surface area contributed by atoms with Crippen molar-refractivity contribution in [2.75, 3.05) is 43.4 Å². The number of hydrogen-bond acceptors (Lipinski definition) is 5. The van der Waals surface area contributed by atoms with Gasteiger partial charge in [0, 0.05) is 49.3 Å². The fourth-order valence-corrected chi connectivity index (χ4v) is 4.14. The Kier molecular flexibility index (Phi) is 6.52. The topological polar surface area (TPSA) is 57.8 Å². The highest BCUT2D eigenvalue weighted by molar-refractivity contribution is 7.98. The molecule has 1 aliphatic heterocycles. The van der Waals surface area contributed by atoms with Crippen LogP contribution in [0.4, 0.5) is 9.52 Å². The fourth-order valence-electron chi connectivity index (χ4n) is 2.62. The molecule has 8 heteroatoms. The van der Waals surface area contributed by atoms with Gasteiger partial charge in [0.05, 0.1) is 6.54 Å². The summed E-state index contributed by atoms with van der Waals surface area (Å²) in [6, 6.07) is 6.89. The van der Waals surface area contributed by atoms with Crippen molar-refractivity contribution in [3.63, 3.8) is 0 Å². The van der Waals surface area contributed by atoms with Gasteiger partial charge in [0.2, 0.25) is 0 Å². The second-order valence-electron chi connectivity index (χ2n) is 5.67. The quantitative estimate of drug-likeness (QED) is 0.475. The Labute approximate surface area is 155 Å². The lowest BCUT2D eigenvalue weighted by Gasteiger charge is -2.35. The summed E-state index contributed by atoms with van der Waals surface area (Å²) in [7, 11) is 0. The summed E-state index contributed by atoms with van der Waals surface area (Å²) >= 11 is 3.33. The van der Waals surface area contributed by atoms with E-state index in [0.717, 1.165) is 42.6 Å². The molecule has 1 fully saturated rings. The van der Waals surface area contributed by atoms with Crippen molar-refractivity contribution in [1.82, 2.24) is 9.88 Å². The van der Waals surface area contributed by atoms with Gasteiger partial charge in [0.25, 0.3) is 0 Å². The lowest BCUT2D eigenvalue weighted by molar-refractivity contribution is 0.381. The maximum absolute atomic E-state index is 13.5.